The molecular formula is C13H13BrClN3. The van der Waals surface area contributed by atoms with Gasteiger partial charge in [0, 0.05) is 5.69 Å². The lowest BCUT2D eigenvalue weighted by Gasteiger charge is -2.08. The smallest absolute Gasteiger partial charge is 0.149 e. The van der Waals surface area contributed by atoms with E-state index >= 15 is 0 Å². The molecule has 18 heavy (non-hydrogen) atoms. The Kier molecular flexibility index (Phi) is 4.55. The van der Waals surface area contributed by atoms with E-state index in [1.165, 1.54) is 11.9 Å². The van der Waals surface area contributed by atoms with Gasteiger partial charge in [0.2, 0.25) is 0 Å². The van der Waals surface area contributed by atoms with E-state index in [-0.39, 0.29) is 0 Å². The molecule has 1 aromatic carbocycles. The van der Waals surface area contributed by atoms with E-state index in [4.69, 9.17) is 11.6 Å². The number of hydrogen-bond acceptors (Lipinski definition) is 3. The SMILES string of the molecule is CCCc1ccc(Nc2ncnc(Cl)c2Br)cc1. The molecule has 1 N–H and O–H groups in total. The largest absolute Gasteiger partial charge is 0.339 e. The monoisotopic (exact) mass is 325 g/mol. The van der Waals surface area contributed by atoms with Gasteiger partial charge in [0.05, 0.1) is 4.47 Å². The first kappa shape index (κ1) is 13.3. The topological polar surface area (TPSA) is 37.8 Å². The summed E-state index contributed by atoms with van der Waals surface area (Å²) in [6.07, 6.45) is 3.68. The highest BCUT2D eigenvalue weighted by Gasteiger charge is 2.06. The van der Waals surface area contributed by atoms with Crippen LogP contribution < -0.4 is 5.32 Å². The molecule has 0 aliphatic rings. The molecule has 0 aliphatic carbocycles. The minimum atomic E-state index is 0.398. The normalized spacial score (nSPS) is 10.4. The van der Waals surface area contributed by atoms with E-state index in [1.54, 1.807) is 0 Å². The number of nitrogens with zero attached hydrogens (tertiary/aromatic N) is 2. The molecule has 0 saturated heterocycles. The molecule has 0 saturated carbocycles. The second-order valence-electron chi connectivity index (χ2n) is 3.90. The number of halogens is 2. The van der Waals surface area contributed by atoms with Crippen LogP contribution in [0.5, 0.6) is 0 Å². The van der Waals surface area contributed by atoms with Gasteiger partial charge in [-0.25, -0.2) is 9.97 Å². The minimum Gasteiger partial charge on any atom is -0.339 e. The average molecular weight is 327 g/mol. The lowest BCUT2D eigenvalue weighted by molar-refractivity contribution is 0.922. The first-order valence-corrected chi connectivity index (χ1v) is 6.89. The summed E-state index contributed by atoms with van der Waals surface area (Å²) in [4.78, 5) is 8.03. The van der Waals surface area contributed by atoms with Crippen LogP contribution in [0.25, 0.3) is 0 Å². The summed E-state index contributed by atoms with van der Waals surface area (Å²) in [6.45, 7) is 2.17. The zero-order valence-electron chi connectivity index (χ0n) is 9.95. The van der Waals surface area contributed by atoms with Crippen molar-refractivity contribution in [2.45, 2.75) is 19.8 Å². The fourth-order valence-electron chi connectivity index (χ4n) is 1.62. The molecule has 2 aromatic rings. The van der Waals surface area contributed by atoms with Gasteiger partial charge in [-0.05, 0) is 40.0 Å². The molecule has 0 bridgehead atoms. The fraction of sp³-hybridized carbons (Fsp3) is 0.231. The summed E-state index contributed by atoms with van der Waals surface area (Å²) in [6, 6.07) is 8.30. The second-order valence-corrected chi connectivity index (χ2v) is 5.05. The molecule has 0 unspecified atom stereocenters. The first-order chi connectivity index (χ1) is 8.70. The van der Waals surface area contributed by atoms with Crippen molar-refractivity contribution in [1.82, 2.24) is 9.97 Å². The summed E-state index contributed by atoms with van der Waals surface area (Å²) in [5.74, 6) is 0.665. The predicted molar refractivity (Wildman–Crippen MR) is 78.5 cm³/mol. The van der Waals surface area contributed by atoms with Crippen LogP contribution in [0.2, 0.25) is 5.15 Å². The minimum absolute atomic E-state index is 0.398. The van der Waals surface area contributed by atoms with Gasteiger partial charge < -0.3 is 5.32 Å². The molecule has 0 amide bonds. The molecule has 5 heteroatoms. The molecule has 1 aromatic heterocycles. The number of hydrogen-bond donors (Lipinski definition) is 1. The molecule has 0 aliphatic heterocycles. The lowest BCUT2D eigenvalue weighted by atomic mass is 10.1. The van der Waals surface area contributed by atoms with E-state index in [2.05, 4.69) is 50.3 Å². The molecule has 0 spiro atoms. The standard InChI is InChI=1S/C13H13BrClN3/c1-2-3-9-4-6-10(7-5-9)18-13-11(14)12(15)16-8-17-13/h4-8H,2-3H2,1H3,(H,16,17,18). The number of aromatic nitrogens is 2. The quantitative estimate of drug-likeness (QED) is 0.835. The van der Waals surface area contributed by atoms with Crippen molar-refractivity contribution in [2.24, 2.45) is 0 Å². The molecule has 1 heterocycles. The lowest BCUT2D eigenvalue weighted by Crippen LogP contribution is -1.96. The number of rotatable bonds is 4. The summed E-state index contributed by atoms with van der Waals surface area (Å²) < 4.78 is 0.671. The Labute approximate surface area is 120 Å². The van der Waals surface area contributed by atoms with E-state index in [0.29, 0.717) is 15.4 Å². The van der Waals surface area contributed by atoms with Crippen molar-refractivity contribution >= 4 is 39.0 Å². The highest BCUT2D eigenvalue weighted by atomic mass is 79.9. The van der Waals surface area contributed by atoms with Gasteiger partial charge in [0.25, 0.3) is 0 Å². The number of aryl methyl sites for hydroxylation is 1. The highest BCUT2D eigenvalue weighted by Crippen LogP contribution is 2.28. The van der Waals surface area contributed by atoms with Gasteiger partial charge >= 0.3 is 0 Å². The molecule has 3 nitrogen and oxygen atoms in total. The molecule has 0 atom stereocenters. The van der Waals surface area contributed by atoms with E-state index < -0.39 is 0 Å². The van der Waals surface area contributed by atoms with Gasteiger partial charge in [-0.15, -0.1) is 0 Å². The van der Waals surface area contributed by atoms with E-state index in [9.17, 15) is 0 Å². The Morgan fingerprint density at radius 3 is 2.61 bits per heavy atom. The van der Waals surface area contributed by atoms with Crippen LogP contribution in [-0.4, -0.2) is 9.97 Å². The van der Waals surface area contributed by atoms with Crippen LogP contribution in [0.15, 0.2) is 35.1 Å². The van der Waals surface area contributed by atoms with E-state index in [1.807, 2.05) is 12.1 Å². The van der Waals surface area contributed by atoms with Crippen LogP contribution in [0.3, 0.4) is 0 Å². The van der Waals surface area contributed by atoms with Crippen molar-refractivity contribution in [2.75, 3.05) is 5.32 Å². The van der Waals surface area contributed by atoms with Crippen molar-refractivity contribution in [1.29, 1.82) is 0 Å². The van der Waals surface area contributed by atoms with Crippen molar-refractivity contribution < 1.29 is 0 Å². The summed E-state index contributed by atoms with van der Waals surface area (Å²) in [7, 11) is 0. The van der Waals surface area contributed by atoms with Crippen LogP contribution in [0.1, 0.15) is 18.9 Å². The van der Waals surface area contributed by atoms with Gasteiger partial charge in [0.15, 0.2) is 0 Å². The summed E-state index contributed by atoms with van der Waals surface area (Å²) in [5, 5.41) is 3.60. The zero-order chi connectivity index (χ0) is 13.0. The van der Waals surface area contributed by atoms with Gasteiger partial charge in [0.1, 0.15) is 17.3 Å². The van der Waals surface area contributed by atoms with Crippen LogP contribution in [0.4, 0.5) is 11.5 Å². The van der Waals surface area contributed by atoms with Crippen LogP contribution in [-0.2, 0) is 6.42 Å². The molecular weight excluding hydrogens is 314 g/mol. The van der Waals surface area contributed by atoms with Crippen LogP contribution >= 0.6 is 27.5 Å². The molecule has 0 fully saturated rings. The maximum Gasteiger partial charge on any atom is 0.149 e. The van der Waals surface area contributed by atoms with Crippen molar-refractivity contribution in [3.05, 3.63) is 45.8 Å². The molecule has 0 radical (unpaired) electrons. The maximum absolute atomic E-state index is 5.91. The van der Waals surface area contributed by atoms with Gasteiger partial charge in [-0.2, -0.15) is 0 Å². The fourth-order valence-corrected chi connectivity index (χ4v) is 2.05. The second kappa shape index (κ2) is 6.16. The zero-order valence-corrected chi connectivity index (χ0v) is 12.3. The number of benzene rings is 1. The summed E-state index contributed by atoms with van der Waals surface area (Å²) in [5.41, 5.74) is 2.31. The Bertz CT molecular complexity index is 528. The first-order valence-electron chi connectivity index (χ1n) is 5.72. The van der Waals surface area contributed by atoms with Crippen LogP contribution in [0, 0.1) is 0 Å². The highest BCUT2D eigenvalue weighted by molar-refractivity contribution is 9.10. The average Bonchev–Trinajstić information content (AvgIpc) is 2.38. The third-order valence-electron chi connectivity index (χ3n) is 2.50. The Hall–Kier alpha value is -1.13. The Morgan fingerprint density at radius 1 is 1.22 bits per heavy atom. The van der Waals surface area contributed by atoms with Crippen molar-refractivity contribution in [3.63, 3.8) is 0 Å². The van der Waals surface area contributed by atoms with E-state index in [0.717, 1.165) is 18.5 Å². The van der Waals surface area contributed by atoms with Gasteiger partial charge in [-0.3, -0.25) is 0 Å². The predicted octanol–water partition coefficient (Wildman–Crippen LogP) is 4.59. The summed E-state index contributed by atoms with van der Waals surface area (Å²) >= 11 is 9.27. The maximum atomic E-state index is 5.91. The molecule has 2 rings (SSSR count). The molecule has 94 valence electrons. The van der Waals surface area contributed by atoms with Crippen molar-refractivity contribution in [3.8, 4) is 0 Å². The third-order valence-corrected chi connectivity index (χ3v) is 3.77. The number of anilines is 2. The number of nitrogens with one attached hydrogen (secondary N) is 1. The van der Waals surface area contributed by atoms with Gasteiger partial charge in [-0.1, -0.05) is 37.1 Å². The Balaban J connectivity index is 2.16. The Morgan fingerprint density at radius 2 is 1.94 bits per heavy atom. The third kappa shape index (κ3) is 3.21.